The van der Waals surface area contributed by atoms with E-state index < -0.39 is 10.0 Å². The Morgan fingerprint density at radius 1 is 1.35 bits per heavy atom. The van der Waals surface area contributed by atoms with Gasteiger partial charge in [-0.25, -0.2) is 8.42 Å². The number of carbonyl (C=O) groups is 1. The summed E-state index contributed by atoms with van der Waals surface area (Å²) < 4.78 is 25.1. The van der Waals surface area contributed by atoms with E-state index in [0.29, 0.717) is 6.54 Å². The van der Waals surface area contributed by atoms with Gasteiger partial charge in [0.2, 0.25) is 15.9 Å². The monoisotopic (exact) mass is 390 g/mol. The molecule has 0 saturated heterocycles. The summed E-state index contributed by atoms with van der Waals surface area (Å²) in [5.74, 6) is -0.192. The second-order valence-electron chi connectivity index (χ2n) is 6.29. The largest absolute Gasteiger partial charge is 0.330 e. The van der Waals surface area contributed by atoms with Crippen LogP contribution in [0.1, 0.15) is 22.0 Å². The van der Waals surface area contributed by atoms with Gasteiger partial charge in [-0.15, -0.1) is 17.9 Å². The third-order valence-corrected chi connectivity index (χ3v) is 6.73. The summed E-state index contributed by atoms with van der Waals surface area (Å²) in [7, 11) is -3.48. The zero-order chi connectivity index (χ0) is 18.7. The number of hydrogen-bond acceptors (Lipinski definition) is 4. The molecule has 0 bridgehead atoms. The predicted molar refractivity (Wildman–Crippen MR) is 105 cm³/mol. The Kier molecular flexibility index (Phi) is 5.60. The van der Waals surface area contributed by atoms with E-state index in [1.165, 1.54) is 11.0 Å². The van der Waals surface area contributed by atoms with E-state index in [4.69, 9.17) is 0 Å². The van der Waals surface area contributed by atoms with Crippen LogP contribution in [0.2, 0.25) is 0 Å². The van der Waals surface area contributed by atoms with Gasteiger partial charge in [-0.1, -0.05) is 36.4 Å². The Hall–Kier alpha value is -1.96. The number of fused-ring (bicyclic) bond motifs is 1. The number of nitrogens with zero attached hydrogens (tertiary/aromatic N) is 2. The summed E-state index contributed by atoms with van der Waals surface area (Å²) in [6.45, 7) is 4.12. The highest BCUT2D eigenvalue weighted by Crippen LogP contribution is 2.37. The van der Waals surface area contributed by atoms with Gasteiger partial charge in [0.15, 0.2) is 0 Å². The van der Waals surface area contributed by atoms with Gasteiger partial charge in [0.05, 0.1) is 18.8 Å². The van der Waals surface area contributed by atoms with Crippen molar-refractivity contribution in [3.63, 3.8) is 0 Å². The molecule has 1 aromatic heterocycles. The Morgan fingerprint density at radius 2 is 2.08 bits per heavy atom. The Balaban J connectivity index is 1.92. The molecule has 26 heavy (non-hydrogen) atoms. The molecule has 1 aromatic carbocycles. The van der Waals surface area contributed by atoms with Gasteiger partial charge in [0, 0.05) is 18.0 Å². The van der Waals surface area contributed by atoms with Crippen LogP contribution in [0.25, 0.3) is 0 Å². The summed E-state index contributed by atoms with van der Waals surface area (Å²) >= 11 is 1.71. The van der Waals surface area contributed by atoms with Gasteiger partial charge in [-0.2, -0.15) is 4.31 Å². The zero-order valence-corrected chi connectivity index (χ0v) is 16.3. The van der Waals surface area contributed by atoms with Gasteiger partial charge in [0.25, 0.3) is 0 Å². The smallest absolute Gasteiger partial charge is 0.238 e. The molecule has 3 rings (SSSR count). The van der Waals surface area contributed by atoms with Crippen LogP contribution in [0.4, 0.5) is 0 Å². The molecule has 2 aromatic rings. The minimum atomic E-state index is -3.48. The lowest BCUT2D eigenvalue weighted by atomic mass is 9.93. The normalized spacial score (nSPS) is 17.2. The topological polar surface area (TPSA) is 57.7 Å². The fourth-order valence-corrected chi connectivity index (χ4v) is 4.91. The van der Waals surface area contributed by atoms with Crippen molar-refractivity contribution >= 4 is 27.3 Å². The number of sulfonamides is 1. The highest BCUT2D eigenvalue weighted by molar-refractivity contribution is 7.88. The van der Waals surface area contributed by atoms with Gasteiger partial charge in [0.1, 0.15) is 0 Å². The second kappa shape index (κ2) is 7.73. The summed E-state index contributed by atoms with van der Waals surface area (Å²) in [6.07, 6.45) is 3.41. The molecule has 1 amide bonds. The van der Waals surface area contributed by atoms with Crippen LogP contribution >= 0.6 is 11.3 Å². The van der Waals surface area contributed by atoms with Crippen LogP contribution < -0.4 is 0 Å². The van der Waals surface area contributed by atoms with E-state index in [9.17, 15) is 13.2 Å². The number of amides is 1. The van der Waals surface area contributed by atoms with Crippen LogP contribution in [0.3, 0.4) is 0 Å². The fraction of sp³-hybridized carbons (Fsp3) is 0.316. The van der Waals surface area contributed by atoms with Crippen LogP contribution in [0, 0.1) is 0 Å². The molecule has 138 valence electrons. The Morgan fingerprint density at radius 3 is 2.73 bits per heavy atom. The van der Waals surface area contributed by atoms with Gasteiger partial charge in [-0.3, -0.25) is 4.79 Å². The molecule has 0 spiro atoms. The van der Waals surface area contributed by atoms with Gasteiger partial charge >= 0.3 is 0 Å². The van der Waals surface area contributed by atoms with E-state index in [-0.39, 0.29) is 25.0 Å². The van der Waals surface area contributed by atoms with Crippen LogP contribution in [-0.2, 0) is 21.2 Å². The highest BCUT2D eigenvalue weighted by atomic mass is 32.2. The summed E-state index contributed by atoms with van der Waals surface area (Å²) in [6, 6.07) is 11.8. The first-order valence-corrected chi connectivity index (χ1v) is 11.1. The van der Waals surface area contributed by atoms with Crippen molar-refractivity contribution in [2.45, 2.75) is 12.5 Å². The van der Waals surface area contributed by atoms with Crippen LogP contribution in [0.15, 0.2) is 54.4 Å². The molecule has 7 heteroatoms. The first kappa shape index (κ1) is 18.8. The van der Waals surface area contributed by atoms with Crippen molar-refractivity contribution in [2.24, 2.45) is 0 Å². The number of rotatable bonds is 6. The third kappa shape index (κ3) is 3.90. The molecule has 5 nitrogen and oxygen atoms in total. The minimum Gasteiger partial charge on any atom is -0.330 e. The third-order valence-electron chi connectivity index (χ3n) is 4.51. The molecule has 1 aliphatic heterocycles. The van der Waals surface area contributed by atoms with Crippen molar-refractivity contribution in [1.82, 2.24) is 9.21 Å². The van der Waals surface area contributed by atoms with Crippen LogP contribution in [0.5, 0.6) is 0 Å². The number of hydrogen-bond donors (Lipinski definition) is 0. The highest BCUT2D eigenvalue weighted by Gasteiger charge is 2.34. The summed E-state index contributed by atoms with van der Waals surface area (Å²) in [5.41, 5.74) is 2.17. The first-order chi connectivity index (χ1) is 12.4. The lowest BCUT2D eigenvalue weighted by Gasteiger charge is -2.37. The summed E-state index contributed by atoms with van der Waals surface area (Å²) in [4.78, 5) is 16.1. The molecule has 0 radical (unpaired) electrons. The standard InChI is InChI=1S/C19H22N2O3S2/c1-3-11-20(26(2,23)24)14-18(22)21-12-9-17-16(10-13-25-17)19(21)15-7-5-4-6-8-15/h3-8,10,13,19H,1,9,11-12,14H2,2H3/t19-/m1/s1. The lowest BCUT2D eigenvalue weighted by Crippen LogP contribution is -2.46. The number of carbonyl (C=O) groups excluding carboxylic acids is 1. The minimum absolute atomic E-state index is 0.123. The predicted octanol–water partition coefficient (Wildman–Crippen LogP) is 2.67. The molecule has 0 unspecified atom stereocenters. The van der Waals surface area contributed by atoms with Crippen molar-refractivity contribution in [3.8, 4) is 0 Å². The quantitative estimate of drug-likeness (QED) is 0.713. The zero-order valence-electron chi connectivity index (χ0n) is 14.7. The van der Waals surface area contributed by atoms with E-state index in [0.717, 1.165) is 28.1 Å². The van der Waals surface area contributed by atoms with Crippen molar-refractivity contribution in [2.75, 3.05) is 25.9 Å². The molecule has 0 saturated carbocycles. The Labute approximate surface area is 158 Å². The molecular weight excluding hydrogens is 368 g/mol. The average Bonchev–Trinajstić information content (AvgIpc) is 3.09. The first-order valence-electron chi connectivity index (χ1n) is 8.38. The Bertz CT molecular complexity index is 891. The van der Waals surface area contributed by atoms with E-state index >= 15 is 0 Å². The fourth-order valence-electron chi connectivity index (χ4n) is 3.28. The number of thiophene rings is 1. The van der Waals surface area contributed by atoms with Crippen LogP contribution in [-0.4, -0.2) is 49.4 Å². The van der Waals surface area contributed by atoms with Crippen molar-refractivity contribution in [3.05, 3.63) is 70.4 Å². The van der Waals surface area contributed by atoms with E-state index in [1.807, 2.05) is 30.3 Å². The number of benzene rings is 1. The maximum absolute atomic E-state index is 13.0. The van der Waals surface area contributed by atoms with E-state index in [1.54, 1.807) is 16.2 Å². The second-order valence-corrected chi connectivity index (χ2v) is 9.28. The van der Waals surface area contributed by atoms with E-state index in [2.05, 4.69) is 18.0 Å². The molecule has 2 heterocycles. The van der Waals surface area contributed by atoms with Gasteiger partial charge < -0.3 is 4.90 Å². The molecule has 0 aliphatic carbocycles. The summed E-state index contributed by atoms with van der Waals surface area (Å²) in [5, 5.41) is 2.05. The van der Waals surface area contributed by atoms with Gasteiger partial charge in [-0.05, 0) is 29.0 Å². The van der Waals surface area contributed by atoms with Crippen molar-refractivity contribution < 1.29 is 13.2 Å². The molecule has 1 aliphatic rings. The molecular formula is C19H22N2O3S2. The molecule has 1 atom stereocenters. The maximum Gasteiger partial charge on any atom is 0.238 e. The molecule has 0 N–H and O–H groups in total. The van der Waals surface area contributed by atoms with Crippen molar-refractivity contribution in [1.29, 1.82) is 0 Å². The lowest BCUT2D eigenvalue weighted by molar-refractivity contribution is -0.133. The molecule has 0 fully saturated rings. The average molecular weight is 391 g/mol. The SMILES string of the molecule is C=CCN(CC(=O)N1CCc2sccc2[C@H]1c1ccccc1)S(C)(=O)=O. The maximum atomic E-state index is 13.0.